The van der Waals surface area contributed by atoms with Crippen LogP contribution in [0.15, 0.2) is 36.4 Å². The summed E-state index contributed by atoms with van der Waals surface area (Å²) in [4.78, 5) is 0. The summed E-state index contributed by atoms with van der Waals surface area (Å²) >= 11 is 0. The highest BCUT2D eigenvalue weighted by atomic mass is 16.3. The molecule has 0 radical (unpaired) electrons. The molecule has 13 heavy (non-hydrogen) atoms. The lowest BCUT2D eigenvalue weighted by molar-refractivity contribution is 0.130. The Morgan fingerprint density at radius 2 is 1.85 bits per heavy atom. The molecule has 0 saturated carbocycles. The Balaban J connectivity index is 2.21. The van der Waals surface area contributed by atoms with Crippen molar-refractivity contribution in [2.75, 3.05) is 0 Å². The Kier molecular flexibility index (Phi) is 1.39. The first kappa shape index (κ1) is 7.34. The topological polar surface area (TPSA) is 20.2 Å². The number of aliphatic hydroxyl groups is 1. The van der Waals surface area contributed by atoms with Crippen LogP contribution in [-0.4, -0.2) is 11.2 Å². The van der Waals surface area contributed by atoms with Gasteiger partial charge in [-0.1, -0.05) is 36.4 Å². The van der Waals surface area contributed by atoms with Gasteiger partial charge in [0.25, 0.3) is 0 Å². The van der Waals surface area contributed by atoms with Crippen LogP contribution in [0.3, 0.4) is 0 Å². The molecule has 0 amide bonds. The SMILES string of the molecule is O[C@H]1C[C@@H]2C=C[C@@H]1c1ccccc12. The smallest absolute Gasteiger partial charge is 0.0652 e. The molecule has 3 aliphatic carbocycles. The summed E-state index contributed by atoms with van der Waals surface area (Å²) in [5, 5.41) is 9.79. The minimum absolute atomic E-state index is 0.162. The molecule has 66 valence electrons. The van der Waals surface area contributed by atoms with Gasteiger partial charge in [0, 0.05) is 11.8 Å². The average molecular weight is 172 g/mol. The fraction of sp³-hybridized carbons (Fsp3) is 0.333. The molecular weight excluding hydrogens is 160 g/mol. The van der Waals surface area contributed by atoms with Crippen LogP contribution in [0, 0.1) is 0 Å². The third-order valence-electron chi connectivity index (χ3n) is 3.22. The number of hydrogen-bond donors (Lipinski definition) is 1. The number of aliphatic hydroxyl groups excluding tert-OH is 1. The second-order valence-electron chi connectivity index (χ2n) is 3.95. The maximum atomic E-state index is 9.79. The van der Waals surface area contributed by atoms with Crippen LogP contribution >= 0.6 is 0 Å². The van der Waals surface area contributed by atoms with Gasteiger partial charge in [0.1, 0.15) is 0 Å². The third-order valence-corrected chi connectivity index (χ3v) is 3.22. The van der Waals surface area contributed by atoms with Gasteiger partial charge in [-0.05, 0) is 17.5 Å². The summed E-state index contributed by atoms with van der Waals surface area (Å²) in [6.07, 6.45) is 5.13. The maximum Gasteiger partial charge on any atom is 0.0652 e. The van der Waals surface area contributed by atoms with E-state index in [2.05, 4.69) is 36.4 Å². The van der Waals surface area contributed by atoms with Gasteiger partial charge in [-0.3, -0.25) is 0 Å². The first-order valence-corrected chi connectivity index (χ1v) is 4.81. The van der Waals surface area contributed by atoms with Crippen molar-refractivity contribution in [3.05, 3.63) is 47.5 Å². The highest BCUT2D eigenvalue weighted by molar-refractivity contribution is 5.45. The zero-order valence-electron chi connectivity index (χ0n) is 7.35. The molecule has 0 aliphatic heterocycles. The Hall–Kier alpha value is -1.08. The normalized spacial score (nSPS) is 34.7. The zero-order chi connectivity index (χ0) is 8.84. The van der Waals surface area contributed by atoms with Crippen LogP contribution in [0.25, 0.3) is 0 Å². The van der Waals surface area contributed by atoms with Gasteiger partial charge in [0.05, 0.1) is 6.10 Å². The number of rotatable bonds is 0. The summed E-state index contributed by atoms with van der Waals surface area (Å²) < 4.78 is 0. The predicted molar refractivity (Wildman–Crippen MR) is 51.7 cm³/mol. The summed E-state index contributed by atoms with van der Waals surface area (Å²) in [6, 6.07) is 8.46. The fourth-order valence-electron chi connectivity index (χ4n) is 2.56. The van der Waals surface area contributed by atoms with E-state index in [1.807, 2.05) is 0 Å². The molecule has 1 nitrogen and oxygen atoms in total. The molecule has 4 rings (SSSR count). The molecule has 0 heterocycles. The molecule has 1 heteroatoms. The summed E-state index contributed by atoms with van der Waals surface area (Å²) in [7, 11) is 0. The van der Waals surface area contributed by atoms with Crippen LogP contribution in [-0.2, 0) is 0 Å². The van der Waals surface area contributed by atoms with E-state index in [4.69, 9.17) is 0 Å². The van der Waals surface area contributed by atoms with Gasteiger partial charge >= 0.3 is 0 Å². The first-order valence-electron chi connectivity index (χ1n) is 4.81. The fourth-order valence-corrected chi connectivity index (χ4v) is 2.56. The van der Waals surface area contributed by atoms with Crippen molar-refractivity contribution < 1.29 is 5.11 Å². The number of allylic oxidation sites excluding steroid dienone is 1. The van der Waals surface area contributed by atoms with Crippen molar-refractivity contribution in [3.8, 4) is 0 Å². The van der Waals surface area contributed by atoms with E-state index in [1.54, 1.807) is 0 Å². The van der Waals surface area contributed by atoms with E-state index >= 15 is 0 Å². The zero-order valence-corrected chi connectivity index (χ0v) is 7.35. The van der Waals surface area contributed by atoms with Crippen molar-refractivity contribution >= 4 is 0 Å². The molecular formula is C12H12O. The molecule has 3 aliphatic rings. The third kappa shape index (κ3) is 0.909. The van der Waals surface area contributed by atoms with Crippen LogP contribution in [0.1, 0.15) is 29.4 Å². The van der Waals surface area contributed by atoms with Crippen LogP contribution in [0.4, 0.5) is 0 Å². The highest BCUT2D eigenvalue weighted by Crippen LogP contribution is 2.44. The van der Waals surface area contributed by atoms with E-state index < -0.39 is 0 Å². The Bertz CT molecular complexity index is 367. The molecule has 0 fully saturated rings. The quantitative estimate of drug-likeness (QED) is 0.595. The molecule has 1 aromatic carbocycles. The van der Waals surface area contributed by atoms with Crippen molar-refractivity contribution in [1.82, 2.24) is 0 Å². The second kappa shape index (κ2) is 2.46. The van der Waals surface area contributed by atoms with Gasteiger partial charge in [-0.2, -0.15) is 0 Å². The Morgan fingerprint density at radius 3 is 2.62 bits per heavy atom. The first-order chi connectivity index (χ1) is 6.36. The molecule has 0 aromatic heterocycles. The lowest BCUT2D eigenvalue weighted by Gasteiger charge is -2.37. The minimum atomic E-state index is -0.162. The van der Waals surface area contributed by atoms with Crippen LogP contribution in [0.2, 0.25) is 0 Å². The standard InChI is InChI=1S/C12H12O/c13-12-7-8-5-6-11(12)10-4-2-1-3-9(8)10/h1-6,8,11-13H,7H2/t8-,11+,12-/m0/s1. The monoisotopic (exact) mass is 172 g/mol. The van der Waals surface area contributed by atoms with Gasteiger partial charge in [-0.25, -0.2) is 0 Å². The van der Waals surface area contributed by atoms with E-state index in [9.17, 15) is 5.11 Å². The molecule has 0 unspecified atom stereocenters. The van der Waals surface area contributed by atoms with Crippen molar-refractivity contribution in [1.29, 1.82) is 0 Å². The van der Waals surface area contributed by atoms with E-state index in [-0.39, 0.29) is 12.0 Å². The predicted octanol–water partition coefficient (Wildman–Crippen LogP) is 2.19. The van der Waals surface area contributed by atoms with E-state index in [0.717, 1.165) is 6.42 Å². The number of fused-ring (bicyclic) bond motifs is 1. The second-order valence-corrected chi connectivity index (χ2v) is 3.95. The molecule has 2 bridgehead atoms. The van der Waals surface area contributed by atoms with Crippen molar-refractivity contribution in [3.63, 3.8) is 0 Å². The number of hydrogen-bond acceptors (Lipinski definition) is 1. The van der Waals surface area contributed by atoms with Gasteiger partial charge in [0.2, 0.25) is 0 Å². The van der Waals surface area contributed by atoms with Crippen LogP contribution in [0.5, 0.6) is 0 Å². The lowest BCUT2D eigenvalue weighted by Crippen LogP contribution is -2.29. The maximum absolute atomic E-state index is 9.79. The van der Waals surface area contributed by atoms with E-state index in [1.165, 1.54) is 11.1 Å². The Labute approximate surface area is 77.7 Å². The van der Waals surface area contributed by atoms with Crippen LogP contribution < -0.4 is 0 Å². The van der Waals surface area contributed by atoms with Gasteiger partial charge in [0.15, 0.2) is 0 Å². The van der Waals surface area contributed by atoms with E-state index in [0.29, 0.717) is 5.92 Å². The number of benzene rings is 1. The lowest BCUT2D eigenvalue weighted by atomic mass is 9.70. The molecule has 1 aromatic rings. The average Bonchev–Trinajstić information content (AvgIpc) is 2.19. The Morgan fingerprint density at radius 1 is 1.08 bits per heavy atom. The molecule has 0 saturated heterocycles. The summed E-state index contributed by atoms with van der Waals surface area (Å²) in [6.45, 7) is 0. The molecule has 0 spiro atoms. The summed E-state index contributed by atoms with van der Waals surface area (Å²) in [5.41, 5.74) is 2.74. The largest absolute Gasteiger partial charge is 0.392 e. The van der Waals surface area contributed by atoms with Gasteiger partial charge < -0.3 is 5.11 Å². The molecule has 3 atom stereocenters. The van der Waals surface area contributed by atoms with Crippen molar-refractivity contribution in [2.45, 2.75) is 24.4 Å². The van der Waals surface area contributed by atoms with Crippen molar-refractivity contribution in [2.24, 2.45) is 0 Å². The highest BCUT2D eigenvalue weighted by Gasteiger charge is 2.34. The minimum Gasteiger partial charge on any atom is -0.392 e. The van der Waals surface area contributed by atoms with Gasteiger partial charge in [-0.15, -0.1) is 0 Å². The molecule has 1 N–H and O–H groups in total. The summed E-state index contributed by atoms with van der Waals surface area (Å²) in [5.74, 6) is 0.706.